The predicted octanol–water partition coefficient (Wildman–Crippen LogP) is 4.70. The van der Waals surface area contributed by atoms with Crippen molar-refractivity contribution in [2.45, 2.75) is 70.6 Å². The van der Waals surface area contributed by atoms with Crippen molar-refractivity contribution in [2.75, 3.05) is 0 Å². The Labute approximate surface area is 107 Å². The smallest absolute Gasteiger partial charge is 0.307 e. The molecule has 0 spiro atoms. The van der Waals surface area contributed by atoms with E-state index in [0.29, 0.717) is 0 Å². The Kier molecular flexibility index (Phi) is 6.76. The van der Waals surface area contributed by atoms with E-state index in [0.717, 1.165) is 22.7 Å². The van der Waals surface area contributed by atoms with Gasteiger partial charge in [0.2, 0.25) is 0 Å². The standard InChI is InChI=1S/C14H28O2Si/c1-11(2)17(12(3)4,13(5)6)10-8-7-9-14(15)16/h7-8,11-13H,9-10H2,1-6H3,(H,15,16). The fraction of sp³-hybridized carbons (Fsp3) is 0.786. The lowest BCUT2D eigenvalue weighted by atomic mass is 10.4. The Morgan fingerprint density at radius 3 is 1.71 bits per heavy atom. The molecule has 0 saturated heterocycles. The molecule has 0 aliphatic carbocycles. The molecule has 0 rings (SSSR count). The lowest BCUT2D eigenvalue weighted by Crippen LogP contribution is -2.43. The first-order chi connectivity index (χ1) is 7.75. The number of aliphatic carboxylic acids is 1. The molecule has 100 valence electrons. The Morgan fingerprint density at radius 2 is 1.41 bits per heavy atom. The van der Waals surface area contributed by atoms with Crippen molar-refractivity contribution < 1.29 is 9.90 Å². The van der Waals surface area contributed by atoms with Crippen LogP contribution in [0.4, 0.5) is 0 Å². The largest absolute Gasteiger partial charge is 0.481 e. The van der Waals surface area contributed by atoms with Crippen LogP contribution in [0.3, 0.4) is 0 Å². The van der Waals surface area contributed by atoms with Gasteiger partial charge in [0.15, 0.2) is 0 Å². The molecule has 0 aromatic rings. The summed E-state index contributed by atoms with van der Waals surface area (Å²) >= 11 is 0. The highest BCUT2D eigenvalue weighted by Crippen LogP contribution is 2.44. The molecule has 2 nitrogen and oxygen atoms in total. The molecular formula is C14H28O2Si. The molecule has 0 bridgehead atoms. The van der Waals surface area contributed by atoms with Crippen molar-refractivity contribution in [1.29, 1.82) is 0 Å². The monoisotopic (exact) mass is 256 g/mol. The van der Waals surface area contributed by atoms with Crippen LogP contribution in [0.15, 0.2) is 12.2 Å². The summed E-state index contributed by atoms with van der Waals surface area (Å²) in [6, 6.07) is 1.10. The summed E-state index contributed by atoms with van der Waals surface area (Å²) in [5.74, 6) is -0.743. The first kappa shape index (κ1) is 16.4. The van der Waals surface area contributed by atoms with Crippen molar-refractivity contribution in [3.05, 3.63) is 12.2 Å². The summed E-state index contributed by atoms with van der Waals surface area (Å²) in [4.78, 5) is 10.5. The van der Waals surface area contributed by atoms with Crippen LogP contribution in [0.2, 0.25) is 22.7 Å². The number of allylic oxidation sites excluding steroid dienone is 1. The summed E-state index contributed by atoms with van der Waals surface area (Å²) in [5.41, 5.74) is 2.20. The molecule has 3 heteroatoms. The Hall–Kier alpha value is -0.573. The normalized spacial score (nSPS) is 13.2. The number of carbonyl (C=O) groups is 1. The third kappa shape index (κ3) is 4.30. The number of carboxylic acid groups (broad SMARTS) is 1. The van der Waals surface area contributed by atoms with Gasteiger partial charge in [-0.3, -0.25) is 4.79 Å². The van der Waals surface area contributed by atoms with Gasteiger partial charge in [-0.25, -0.2) is 0 Å². The van der Waals surface area contributed by atoms with Gasteiger partial charge in [0.1, 0.15) is 0 Å². The average molecular weight is 256 g/mol. The minimum Gasteiger partial charge on any atom is -0.481 e. The van der Waals surface area contributed by atoms with Gasteiger partial charge >= 0.3 is 5.97 Å². The maximum atomic E-state index is 10.5. The van der Waals surface area contributed by atoms with Gasteiger partial charge in [-0.15, -0.1) is 0 Å². The summed E-state index contributed by atoms with van der Waals surface area (Å²) in [6.07, 6.45) is 4.08. The van der Waals surface area contributed by atoms with Gasteiger partial charge in [0, 0.05) is 0 Å². The maximum absolute atomic E-state index is 10.5. The molecular weight excluding hydrogens is 228 g/mol. The summed E-state index contributed by atoms with van der Waals surface area (Å²) in [6.45, 7) is 14.0. The molecule has 0 aliphatic heterocycles. The van der Waals surface area contributed by atoms with Crippen molar-refractivity contribution in [3.8, 4) is 0 Å². The van der Waals surface area contributed by atoms with E-state index in [4.69, 9.17) is 5.11 Å². The highest BCUT2D eigenvalue weighted by Gasteiger charge is 2.41. The van der Waals surface area contributed by atoms with E-state index in [1.165, 1.54) is 0 Å². The van der Waals surface area contributed by atoms with E-state index in [2.05, 4.69) is 47.6 Å². The number of hydrogen-bond donors (Lipinski definition) is 1. The van der Waals surface area contributed by atoms with E-state index in [-0.39, 0.29) is 6.42 Å². The van der Waals surface area contributed by atoms with Crippen molar-refractivity contribution in [1.82, 2.24) is 0 Å². The zero-order valence-corrected chi connectivity index (χ0v) is 13.2. The molecule has 0 aromatic heterocycles. The molecule has 0 radical (unpaired) electrons. The van der Waals surface area contributed by atoms with Crippen LogP contribution in [0.25, 0.3) is 0 Å². The minimum atomic E-state index is -1.38. The van der Waals surface area contributed by atoms with Crippen molar-refractivity contribution in [3.63, 3.8) is 0 Å². The predicted molar refractivity (Wildman–Crippen MR) is 77.2 cm³/mol. The summed E-state index contributed by atoms with van der Waals surface area (Å²) in [7, 11) is -1.38. The van der Waals surface area contributed by atoms with Gasteiger partial charge in [-0.2, -0.15) is 0 Å². The number of carboxylic acids is 1. The molecule has 0 aliphatic rings. The Bertz CT molecular complexity index is 246. The number of rotatable bonds is 7. The second kappa shape index (κ2) is 6.99. The fourth-order valence-electron chi connectivity index (χ4n) is 3.18. The zero-order chi connectivity index (χ0) is 13.6. The molecule has 0 unspecified atom stereocenters. The van der Waals surface area contributed by atoms with Crippen molar-refractivity contribution in [2.24, 2.45) is 0 Å². The molecule has 0 saturated carbocycles. The minimum absolute atomic E-state index is 0.152. The van der Waals surface area contributed by atoms with Crippen LogP contribution in [0.5, 0.6) is 0 Å². The van der Waals surface area contributed by atoms with Gasteiger partial charge in [0.05, 0.1) is 14.5 Å². The van der Waals surface area contributed by atoms with Crippen LogP contribution < -0.4 is 0 Å². The summed E-state index contributed by atoms with van der Waals surface area (Å²) < 4.78 is 0. The highest BCUT2D eigenvalue weighted by atomic mass is 28.3. The first-order valence-corrected chi connectivity index (χ1v) is 9.05. The third-order valence-corrected chi connectivity index (χ3v) is 11.5. The fourth-order valence-corrected chi connectivity index (χ4v) is 9.17. The Balaban J connectivity index is 4.82. The lowest BCUT2D eigenvalue weighted by Gasteiger charge is -2.42. The third-order valence-electron chi connectivity index (χ3n) is 4.16. The van der Waals surface area contributed by atoms with Gasteiger partial charge in [0.25, 0.3) is 0 Å². The van der Waals surface area contributed by atoms with Crippen LogP contribution in [-0.4, -0.2) is 19.1 Å². The van der Waals surface area contributed by atoms with Crippen LogP contribution in [0, 0.1) is 0 Å². The first-order valence-electron chi connectivity index (χ1n) is 6.61. The molecule has 0 fully saturated rings. The van der Waals surface area contributed by atoms with Gasteiger partial charge in [-0.1, -0.05) is 70.3 Å². The van der Waals surface area contributed by atoms with E-state index in [1.807, 2.05) is 6.08 Å². The van der Waals surface area contributed by atoms with Crippen LogP contribution in [-0.2, 0) is 4.79 Å². The molecule has 17 heavy (non-hydrogen) atoms. The molecule has 1 N–H and O–H groups in total. The quantitative estimate of drug-likeness (QED) is 0.529. The zero-order valence-electron chi connectivity index (χ0n) is 12.2. The lowest BCUT2D eigenvalue weighted by molar-refractivity contribution is -0.136. The molecule has 0 atom stereocenters. The van der Waals surface area contributed by atoms with E-state index >= 15 is 0 Å². The van der Waals surface area contributed by atoms with E-state index in [1.54, 1.807) is 0 Å². The Morgan fingerprint density at radius 1 is 1.00 bits per heavy atom. The summed E-state index contributed by atoms with van der Waals surface area (Å²) in [5, 5.41) is 8.63. The second-order valence-corrected chi connectivity index (χ2v) is 11.9. The highest BCUT2D eigenvalue weighted by molar-refractivity contribution is 6.83. The SMILES string of the molecule is CC(C)[Si](CC=CCC(=O)O)(C(C)C)C(C)C. The molecule has 0 heterocycles. The average Bonchev–Trinajstić information content (AvgIpc) is 2.15. The second-order valence-electron chi connectivity index (χ2n) is 5.85. The molecule has 0 amide bonds. The van der Waals surface area contributed by atoms with Crippen LogP contribution in [0.1, 0.15) is 48.0 Å². The van der Waals surface area contributed by atoms with Gasteiger partial charge in [-0.05, 0) is 6.04 Å². The van der Waals surface area contributed by atoms with Crippen LogP contribution >= 0.6 is 0 Å². The maximum Gasteiger partial charge on any atom is 0.307 e. The number of hydrogen-bond acceptors (Lipinski definition) is 1. The van der Waals surface area contributed by atoms with E-state index in [9.17, 15) is 4.79 Å². The van der Waals surface area contributed by atoms with E-state index < -0.39 is 14.0 Å². The molecule has 0 aromatic carbocycles. The topological polar surface area (TPSA) is 37.3 Å². The van der Waals surface area contributed by atoms with Crippen molar-refractivity contribution >= 4 is 14.0 Å². The van der Waals surface area contributed by atoms with Gasteiger partial charge < -0.3 is 5.11 Å².